The van der Waals surface area contributed by atoms with E-state index in [9.17, 15) is 9.59 Å². The van der Waals surface area contributed by atoms with Crippen molar-refractivity contribution in [2.24, 2.45) is 11.7 Å². The largest absolute Gasteiger partial charge is 0.494 e. The molecule has 0 bridgehead atoms. The fraction of sp³-hybridized carbons (Fsp3) is 0.556. The van der Waals surface area contributed by atoms with Crippen molar-refractivity contribution in [2.75, 3.05) is 18.5 Å². The van der Waals surface area contributed by atoms with E-state index in [4.69, 9.17) is 10.5 Å². The number of nitrogens with one attached hydrogen (secondary N) is 2. The maximum absolute atomic E-state index is 11.8. The van der Waals surface area contributed by atoms with E-state index in [1.807, 2.05) is 18.2 Å². The molecule has 7 heteroatoms. The van der Waals surface area contributed by atoms with Gasteiger partial charge in [-0.05, 0) is 55.4 Å². The van der Waals surface area contributed by atoms with Crippen molar-refractivity contribution in [3.63, 3.8) is 0 Å². The zero-order valence-electron chi connectivity index (χ0n) is 14.3. The molecule has 25 heavy (non-hydrogen) atoms. The number of anilines is 1. The third-order valence-corrected chi connectivity index (χ3v) is 4.55. The van der Waals surface area contributed by atoms with Crippen molar-refractivity contribution in [1.29, 1.82) is 0 Å². The van der Waals surface area contributed by atoms with E-state index in [-0.39, 0.29) is 30.3 Å². The zero-order valence-corrected chi connectivity index (χ0v) is 15.1. The topological polar surface area (TPSA) is 93.4 Å². The van der Waals surface area contributed by atoms with Crippen LogP contribution in [0.5, 0.6) is 5.75 Å². The molecule has 0 spiro atoms. The van der Waals surface area contributed by atoms with E-state index in [1.54, 1.807) is 0 Å². The highest BCUT2D eigenvalue weighted by Crippen LogP contribution is 2.31. The van der Waals surface area contributed by atoms with Gasteiger partial charge in [-0.25, -0.2) is 0 Å². The van der Waals surface area contributed by atoms with Crippen molar-refractivity contribution in [1.82, 2.24) is 5.32 Å². The van der Waals surface area contributed by atoms with Gasteiger partial charge in [0.15, 0.2) is 0 Å². The zero-order chi connectivity index (χ0) is 16.9. The minimum atomic E-state index is 0. The molecular weight excluding hydrogens is 342 g/mol. The van der Waals surface area contributed by atoms with E-state index in [0.717, 1.165) is 23.4 Å². The third-order valence-electron chi connectivity index (χ3n) is 4.55. The lowest BCUT2D eigenvalue weighted by Crippen LogP contribution is -2.38. The van der Waals surface area contributed by atoms with E-state index in [2.05, 4.69) is 10.6 Å². The van der Waals surface area contributed by atoms with Gasteiger partial charge in [-0.3, -0.25) is 9.59 Å². The average molecular weight is 368 g/mol. The monoisotopic (exact) mass is 367 g/mol. The van der Waals surface area contributed by atoms with Gasteiger partial charge in [-0.1, -0.05) is 0 Å². The Balaban J connectivity index is 0.00000225. The standard InChI is InChI=1S/C18H25N3O3.ClH/c19-15(12-3-4-12)11-20-17(22)2-1-9-24-14-6-7-16-13(10-14)5-8-18(23)21-16;/h6-7,10,12,15H,1-5,8-9,11,19H2,(H,20,22)(H,21,23);1H. The molecule has 1 aromatic carbocycles. The molecule has 4 N–H and O–H groups in total. The SMILES string of the molecule is Cl.NC(CNC(=O)CCCOc1ccc2c(c1)CCC(=O)N2)C1CC1. The quantitative estimate of drug-likeness (QED) is 0.612. The number of hydrogen-bond acceptors (Lipinski definition) is 4. The Labute approximate surface area is 154 Å². The van der Waals surface area contributed by atoms with E-state index in [1.165, 1.54) is 12.8 Å². The molecule has 1 aromatic rings. The molecule has 1 unspecified atom stereocenters. The van der Waals surface area contributed by atoms with Crippen LogP contribution in [-0.2, 0) is 16.0 Å². The average Bonchev–Trinajstić information content (AvgIpc) is 3.41. The first-order chi connectivity index (χ1) is 11.6. The number of fused-ring (bicyclic) bond motifs is 1. The number of amides is 2. The van der Waals surface area contributed by atoms with Crippen molar-refractivity contribution < 1.29 is 14.3 Å². The molecule has 1 heterocycles. The minimum Gasteiger partial charge on any atom is -0.494 e. The Kier molecular flexibility index (Phi) is 7.08. The molecule has 1 aliphatic heterocycles. The summed E-state index contributed by atoms with van der Waals surface area (Å²) in [5.41, 5.74) is 7.92. The van der Waals surface area contributed by atoms with E-state index >= 15 is 0 Å². The van der Waals surface area contributed by atoms with Crippen LogP contribution in [0, 0.1) is 5.92 Å². The molecule has 6 nitrogen and oxygen atoms in total. The molecule has 1 atom stereocenters. The van der Waals surface area contributed by atoms with Crippen LogP contribution in [0.4, 0.5) is 5.69 Å². The first-order valence-corrected chi connectivity index (χ1v) is 8.69. The highest BCUT2D eigenvalue weighted by Gasteiger charge is 2.28. The molecule has 1 aliphatic carbocycles. The number of rotatable bonds is 8. The second-order valence-electron chi connectivity index (χ2n) is 6.62. The van der Waals surface area contributed by atoms with Crippen LogP contribution >= 0.6 is 12.4 Å². The lowest BCUT2D eigenvalue weighted by molar-refractivity contribution is -0.121. The van der Waals surface area contributed by atoms with E-state index in [0.29, 0.717) is 38.3 Å². The number of carbonyl (C=O) groups is 2. The lowest BCUT2D eigenvalue weighted by Gasteiger charge is -2.17. The van der Waals surface area contributed by atoms with Gasteiger partial charge in [0.05, 0.1) is 6.61 Å². The normalized spacial score (nSPS) is 16.9. The summed E-state index contributed by atoms with van der Waals surface area (Å²) in [6.45, 7) is 1.06. The maximum Gasteiger partial charge on any atom is 0.224 e. The van der Waals surface area contributed by atoms with Gasteiger partial charge in [0.25, 0.3) is 0 Å². The van der Waals surface area contributed by atoms with Crippen LogP contribution in [0.25, 0.3) is 0 Å². The Morgan fingerprint density at radius 2 is 2.16 bits per heavy atom. The molecule has 138 valence electrons. The number of benzene rings is 1. The van der Waals surface area contributed by atoms with Crippen LogP contribution in [-0.4, -0.2) is 31.0 Å². The first-order valence-electron chi connectivity index (χ1n) is 8.69. The first kappa shape index (κ1) is 19.5. The molecule has 0 aromatic heterocycles. The van der Waals surface area contributed by atoms with Crippen LogP contribution in [0.2, 0.25) is 0 Å². The fourth-order valence-electron chi connectivity index (χ4n) is 2.88. The minimum absolute atomic E-state index is 0. The second kappa shape index (κ2) is 9.06. The molecular formula is C18H26ClN3O3. The molecule has 0 radical (unpaired) electrons. The van der Waals surface area contributed by atoms with Crippen molar-refractivity contribution in [3.8, 4) is 5.75 Å². The van der Waals surface area contributed by atoms with Crippen LogP contribution in [0.15, 0.2) is 18.2 Å². The van der Waals surface area contributed by atoms with Crippen LogP contribution in [0.1, 0.15) is 37.7 Å². The molecule has 1 saturated carbocycles. The Bertz CT molecular complexity index is 620. The molecule has 2 amide bonds. The number of nitrogens with two attached hydrogens (primary N) is 1. The smallest absolute Gasteiger partial charge is 0.224 e. The highest BCUT2D eigenvalue weighted by molar-refractivity contribution is 5.94. The van der Waals surface area contributed by atoms with Gasteiger partial charge < -0.3 is 21.1 Å². The van der Waals surface area contributed by atoms with Gasteiger partial charge in [-0.15, -0.1) is 12.4 Å². The summed E-state index contributed by atoms with van der Waals surface area (Å²) in [5.74, 6) is 1.47. The second-order valence-corrected chi connectivity index (χ2v) is 6.62. The Morgan fingerprint density at radius 1 is 1.36 bits per heavy atom. The summed E-state index contributed by atoms with van der Waals surface area (Å²) in [6.07, 6.45) is 4.74. The summed E-state index contributed by atoms with van der Waals surface area (Å²) in [6, 6.07) is 5.78. The van der Waals surface area contributed by atoms with Gasteiger partial charge in [0.1, 0.15) is 5.75 Å². The molecule has 1 fully saturated rings. The van der Waals surface area contributed by atoms with Crippen molar-refractivity contribution in [2.45, 2.75) is 44.6 Å². The molecule has 3 rings (SSSR count). The molecule has 0 saturated heterocycles. The summed E-state index contributed by atoms with van der Waals surface area (Å²) in [5, 5.41) is 5.73. The Hall–Kier alpha value is -1.79. The predicted molar refractivity (Wildman–Crippen MR) is 99.1 cm³/mol. The van der Waals surface area contributed by atoms with Gasteiger partial charge in [0.2, 0.25) is 11.8 Å². The number of ether oxygens (including phenoxy) is 1. The number of hydrogen-bond donors (Lipinski definition) is 3. The van der Waals surface area contributed by atoms with Gasteiger partial charge in [0, 0.05) is 31.1 Å². The number of aryl methyl sites for hydroxylation is 1. The lowest BCUT2D eigenvalue weighted by atomic mass is 10.0. The third kappa shape index (κ3) is 5.90. The van der Waals surface area contributed by atoms with Crippen molar-refractivity contribution in [3.05, 3.63) is 23.8 Å². The predicted octanol–water partition coefficient (Wildman–Crippen LogP) is 2.01. The van der Waals surface area contributed by atoms with E-state index < -0.39 is 0 Å². The number of carbonyl (C=O) groups excluding carboxylic acids is 2. The summed E-state index contributed by atoms with van der Waals surface area (Å²) < 4.78 is 5.71. The maximum atomic E-state index is 11.8. The molecule has 2 aliphatic rings. The summed E-state index contributed by atoms with van der Waals surface area (Å²) >= 11 is 0. The highest BCUT2D eigenvalue weighted by atomic mass is 35.5. The van der Waals surface area contributed by atoms with Crippen molar-refractivity contribution >= 4 is 29.9 Å². The number of halogens is 1. The van der Waals surface area contributed by atoms with Gasteiger partial charge in [-0.2, -0.15) is 0 Å². The van der Waals surface area contributed by atoms with Crippen LogP contribution in [0.3, 0.4) is 0 Å². The summed E-state index contributed by atoms with van der Waals surface area (Å²) in [7, 11) is 0. The van der Waals surface area contributed by atoms with Crippen LogP contribution < -0.4 is 21.1 Å². The Morgan fingerprint density at radius 3 is 2.92 bits per heavy atom. The summed E-state index contributed by atoms with van der Waals surface area (Å²) in [4.78, 5) is 23.1. The van der Waals surface area contributed by atoms with Gasteiger partial charge >= 0.3 is 0 Å². The fourth-order valence-corrected chi connectivity index (χ4v) is 2.88.